The SMILES string of the molecule is COc1cc2c(cc1CNC(=O)c1c(C)ccn(C(C)CN(C)C)c1=O)CCC2.O=CO. The largest absolute Gasteiger partial charge is 0.496 e. The fourth-order valence-electron chi connectivity index (χ4n) is 4.13. The molecule has 1 aliphatic carbocycles. The summed E-state index contributed by atoms with van der Waals surface area (Å²) in [6.45, 7) is 4.58. The average Bonchev–Trinajstić information content (AvgIpc) is 3.18. The lowest BCUT2D eigenvalue weighted by molar-refractivity contribution is -0.122. The first kappa shape index (κ1) is 25.1. The lowest BCUT2D eigenvalue weighted by Crippen LogP contribution is -2.36. The summed E-state index contributed by atoms with van der Waals surface area (Å²) in [7, 11) is 5.58. The van der Waals surface area contributed by atoms with Crippen LogP contribution in [-0.4, -0.2) is 54.7 Å². The molecule has 8 nitrogen and oxygen atoms in total. The predicted octanol–water partition coefficient (Wildman–Crippen LogP) is 2.41. The van der Waals surface area contributed by atoms with E-state index in [-0.39, 0.29) is 29.5 Å². The van der Waals surface area contributed by atoms with Gasteiger partial charge in [-0.05, 0) is 76.0 Å². The molecule has 0 bridgehead atoms. The number of methoxy groups -OCH3 is 1. The van der Waals surface area contributed by atoms with Crippen LogP contribution in [0.15, 0.2) is 29.2 Å². The first-order valence-corrected chi connectivity index (χ1v) is 10.6. The van der Waals surface area contributed by atoms with Crippen molar-refractivity contribution in [2.75, 3.05) is 27.7 Å². The number of hydrogen-bond donors (Lipinski definition) is 2. The van der Waals surface area contributed by atoms with Gasteiger partial charge in [-0.1, -0.05) is 6.07 Å². The minimum Gasteiger partial charge on any atom is -0.496 e. The highest BCUT2D eigenvalue weighted by Crippen LogP contribution is 2.29. The van der Waals surface area contributed by atoms with E-state index in [9.17, 15) is 9.59 Å². The van der Waals surface area contributed by atoms with Crippen LogP contribution >= 0.6 is 0 Å². The first-order chi connectivity index (χ1) is 15.2. The normalized spacial score (nSPS) is 13.1. The average molecular weight is 444 g/mol. The van der Waals surface area contributed by atoms with Gasteiger partial charge in [0.05, 0.1) is 7.11 Å². The molecule has 2 N–H and O–H groups in total. The standard InChI is InChI=1S/C23H31N3O3.CH2O2/c1-15-9-10-26(16(2)14-25(3)4)23(28)21(15)22(27)24-13-19-11-17-7-6-8-18(17)12-20(19)29-5;2-1-3/h9-12,16H,6-8,13-14H2,1-5H3,(H,24,27);1H,(H,2,3). The van der Waals surface area contributed by atoms with Gasteiger partial charge in [0.25, 0.3) is 17.9 Å². The summed E-state index contributed by atoms with van der Waals surface area (Å²) < 4.78 is 7.16. The maximum absolute atomic E-state index is 13.0. The van der Waals surface area contributed by atoms with Gasteiger partial charge in [0.2, 0.25) is 0 Å². The predicted molar refractivity (Wildman–Crippen MR) is 124 cm³/mol. The highest BCUT2D eigenvalue weighted by Gasteiger charge is 2.20. The monoisotopic (exact) mass is 443 g/mol. The zero-order valence-electron chi connectivity index (χ0n) is 19.5. The molecule has 0 radical (unpaired) electrons. The van der Waals surface area contributed by atoms with Gasteiger partial charge in [0.15, 0.2) is 0 Å². The number of nitrogens with zero attached hydrogens (tertiary/aromatic N) is 2. The van der Waals surface area contributed by atoms with Crippen LogP contribution < -0.4 is 15.6 Å². The third kappa shape index (κ3) is 5.97. The number of rotatable bonds is 7. The summed E-state index contributed by atoms with van der Waals surface area (Å²) in [4.78, 5) is 36.3. The van der Waals surface area contributed by atoms with Crippen LogP contribution in [0, 0.1) is 6.92 Å². The molecule has 0 saturated carbocycles. The summed E-state index contributed by atoms with van der Waals surface area (Å²) in [6.07, 6.45) is 5.06. The molecule has 8 heteroatoms. The number of pyridine rings is 1. The van der Waals surface area contributed by atoms with Gasteiger partial charge in [-0.2, -0.15) is 0 Å². The minimum atomic E-state index is -0.346. The van der Waals surface area contributed by atoms with Crippen LogP contribution in [0.1, 0.15) is 52.0 Å². The van der Waals surface area contributed by atoms with Crippen molar-refractivity contribution in [1.82, 2.24) is 14.8 Å². The van der Waals surface area contributed by atoms with E-state index in [4.69, 9.17) is 14.6 Å². The van der Waals surface area contributed by atoms with Crippen molar-refractivity contribution < 1.29 is 19.4 Å². The van der Waals surface area contributed by atoms with Gasteiger partial charge >= 0.3 is 0 Å². The number of aryl methyl sites for hydroxylation is 3. The molecule has 1 aromatic carbocycles. The van der Waals surface area contributed by atoms with Gasteiger partial charge < -0.3 is 24.6 Å². The smallest absolute Gasteiger partial charge is 0.290 e. The van der Waals surface area contributed by atoms with Crippen LogP contribution in [0.3, 0.4) is 0 Å². The molecule has 0 fully saturated rings. The van der Waals surface area contributed by atoms with E-state index >= 15 is 0 Å². The van der Waals surface area contributed by atoms with Crippen molar-refractivity contribution >= 4 is 12.4 Å². The Morgan fingerprint density at radius 1 is 1.31 bits per heavy atom. The van der Waals surface area contributed by atoms with E-state index < -0.39 is 0 Å². The van der Waals surface area contributed by atoms with Crippen molar-refractivity contribution in [3.8, 4) is 5.75 Å². The molecule has 0 saturated heterocycles. The van der Waals surface area contributed by atoms with E-state index in [1.54, 1.807) is 24.8 Å². The Balaban J connectivity index is 0.00000114. The van der Waals surface area contributed by atoms with Crippen molar-refractivity contribution in [2.45, 2.75) is 45.7 Å². The molecule has 0 aliphatic heterocycles. The van der Waals surface area contributed by atoms with Gasteiger partial charge in [-0.15, -0.1) is 0 Å². The van der Waals surface area contributed by atoms with Gasteiger partial charge in [-0.3, -0.25) is 14.4 Å². The molecule has 1 heterocycles. The lowest BCUT2D eigenvalue weighted by atomic mass is 10.0. The molecular formula is C24H33N3O5. The highest BCUT2D eigenvalue weighted by atomic mass is 16.5. The number of nitrogens with one attached hydrogen (secondary N) is 1. The molecule has 3 rings (SSSR count). The van der Waals surface area contributed by atoms with Crippen LogP contribution in [0.25, 0.3) is 0 Å². The Kier molecular flexibility index (Phi) is 9.02. The van der Waals surface area contributed by atoms with E-state index in [0.29, 0.717) is 12.1 Å². The molecule has 1 unspecified atom stereocenters. The third-order valence-corrected chi connectivity index (χ3v) is 5.59. The molecule has 0 spiro atoms. The number of amides is 1. The molecular weight excluding hydrogens is 410 g/mol. The van der Waals surface area contributed by atoms with Crippen LogP contribution in [0.5, 0.6) is 5.75 Å². The molecule has 1 aliphatic rings. The number of fused-ring (bicyclic) bond motifs is 1. The lowest BCUT2D eigenvalue weighted by Gasteiger charge is -2.20. The molecule has 2 aromatic rings. The maximum Gasteiger partial charge on any atom is 0.290 e. The second-order valence-electron chi connectivity index (χ2n) is 8.27. The Bertz CT molecular complexity index is 1010. The number of carboxylic acid groups (broad SMARTS) is 1. The number of aromatic nitrogens is 1. The minimum absolute atomic E-state index is 0.0264. The summed E-state index contributed by atoms with van der Waals surface area (Å²) in [5.41, 5.74) is 4.23. The quantitative estimate of drug-likeness (QED) is 0.638. The number of benzene rings is 1. The summed E-state index contributed by atoms with van der Waals surface area (Å²) in [5.74, 6) is 0.439. The molecule has 1 aromatic heterocycles. The third-order valence-electron chi connectivity index (χ3n) is 5.59. The molecule has 1 amide bonds. The summed E-state index contributed by atoms with van der Waals surface area (Å²) in [6, 6.07) is 6.00. The zero-order valence-corrected chi connectivity index (χ0v) is 19.5. The van der Waals surface area contributed by atoms with Gasteiger partial charge in [0.1, 0.15) is 11.3 Å². The number of likely N-dealkylation sites (N-methyl/N-ethyl adjacent to an activating group) is 1. The van der Waals surface area contributed by atoms with Crippen LogP contribution in [0.4, 0.5) is 0 Å². The van der Waals surface area contributed by atoms with E-state index in [2.05, 4.69) is 17.4 Å². The fraction of sp³-hybridized carbons (Fsp3) is 0.458. The van der Waals surface area contributed by atoms with E-state index in [1.807, 2.05) is 32.0 Å². The number of ether oxygens (including phenoxy) is 1. The first-order valence-electron chi connectivity index (χ1n) is 10.6. The van der Waals surface area contributed by atoms with Gasteiger partial charge in [-0.25, -0.2) is 0 Å². The topological polar surface area (TPSA) is 101 Å². The number of carbonyl (C=O) groups is 2. The highest BCUT2D eigenvalue weighted by molar-refractivity contribution is 5.95. The van der Waals surface area contributed by atoms with Crippen molar-refractivity contribution in [1.29, 1.82) is 0 Å². The van der Waals surface area contributed by atoms with Crippen molar-refractivity contribution in [2.24, 2.45) is 0 Å². The molecule has 174 valence electrons. The van der Waals surface area contributed by atoms with Crippen LogP contribution in [0.2, 0.25) is 0 Å². The Hall–Kier alpha value is -3.13. The van der Waals surface area contributed by atoms with Crippen molar-refractivity contribution in [3.05, 3.63) is 62.6 Å². The Morgan fingerprint density at radius 2 is 1.94 bits per heavy atom. The Morgan fingerprint density at radius 3 is 2.53 bits per heavy atom. The fourth-order valence-corrected chi connectivity index (χ4v) is 4.13. The van der Waals surface area contributed by atoms with Gasteiger partial charge in [0, 0.05) is 30.9 Å². The van der Waals surface area contributed by atoms with E-state index in [1.165, 1.54) is 11.1 Å². The van der Waals surface area contributed by atoms with Crippen molar-refractivity contribution in [3.63, 3.8) is 0 Å². The number of carbonyl (C=O) groups excluding carboxylic acids is 1. The van der Waals surface area contributed by atoms with Crippen LogP contribution in [-0.2, 0) is 24.2 Å². The molecule has 32 heavy (non-hydrogen) atoms. The summed E-state index contributed by atoms with van der Waals surface area (Å²) in [5, 5.41) is 9.82. The zero-order chi connectivity index (χ0) is 23.8. The molecule has 1 atom stereocenters. The second kappa shape index (κ2) is 11.5. The second-order valence-corrected chi connectivity index (χ2v) is 8.27. The maximum atomic E-state index is 13.0. The summed E-state index contributed by atoms with van der Waals surface area (Å²) >= 11 is 0. The van der Waals surface area contributed by atoms with E-state index in [0.717, 1.165) is 37.1 Å². The Labute approximate surface area is 188 Å². The number of hydrogen-bond acceptors (Lipinski definition) is 5.